The van der Waals surface area contributed by atoms with Crippen molar-refractivity contribution in [1.29, 1.82) is 0 Å². The fourth-order valence-electron chi connectivity index (χ4n) is 1.92. The van der Waals surface area contributed by atoms with Crippen molar-refractivity contribution in [3.05, 3.63) is 52.8 Å². The number of nitrogens with zero attached hydrogens (tertiary/aromatic N) is 1. The first-order valence-electron chi connectivity index (χ1n) is 7.48. The molecule has 25 heavy (non-hydrogen) atoms. The van der Waals surface area contributed by atoms with Crippen molar-refractivity contribution in [2.75, 3.05) is 11.9 Å². The number of pyridine rings is 1. The molecule has 1 aromatic carbocycles. The van der Waals surface area contributed by atoms with E-state index in [0.717, 1.165) is 12.3 Å². The van der Waals surface area contributed by atoms with Gasteiger partial charge in [0.1, 0.15) is 11.4 Å². The largest absolute Gasteiger partial charge is 0.489 e. The van der Waals surface area contributed by atoms with Crippen molar-refractivity contribution in [3.8, 4) is 17.6 Å². The van der Waals surface area contributed by atoms with E-state index in [1.165, 1.54) is 6.07 Å². The van der Waals surface area contributed by atoms with E-state index in [0.29, 0.717) is 22.0 Å². The predicted octanol–water partition coefficient (Wildman–Crippen LogP) is 5.00. The zero-order chi connectivity index (χ0) is 18.4. The topological polar surface area (TPSA) is 34.1 Å². The first-order valence-corrected chi connectivity index (χ1v) is 7.85. The molecule has 1 heterocycles. The van der Waals surface area contributed by atoms with E-state index in [4.69, 9.17) is 16.3 Å². The fraction of sp³-hybridized carbons (Fsp3) is 0.278. The molecule has 2 rings (SSSR count). The van der Waals surface area contributed by atoms with Crippen molar-refractivity contribution in [1.82, 2.24) is 4.98 Å². The summed E-state index contributed by atoms with van der Waals surface area (Å²) in [5.41, 5.74) is 0.0435. The Bertz CT molecular complexity index is 795. The van der Waals surface area contributed by atoms with Crippen LogP contribution in [-0.4, -0.2) is 17.6 Å². The molecule has 7 heteroatoms. The van der Waals surface area contributed by atoms with Gasteiger partial charge in [0.05, 0.1) is 17.7 Å². The number of hydrogen-bond acceptors (Lipinski definition) is 3. The molecule has 132 valence electrons. The van der Waals surface area contributed by atoms with Gasteiger partial charge in [0, 0.05) is 17.4 Å². The molecule has 0 aliphatic heterocycles. The van der Waals surface area contributed by atoms with Gasteiger partial charge in [-0.25, -0.2) is 0 Å². The summed E-state index contributed by atoms with van der Waals surface area (Å²) in [5, 5.41) is 3.26. The van der Waals surface area contributed by atoms with Crippen molar-refractivity contribution >= 4 is 17.3 Å². The van der Waals surface area contributed by atoms with Crippen molar-refractivity contribution in [3.63, 3.8) is 0 Å². The molecule has 0 radical (unpaired) electrons. The van der Waals surface area contributed by atoms with E-state index in [1.54, 1.807) is 18.2 Å². The molecule has 0 fully saturated rings. The smallest absolute Gasteiger partial charge is 0.433 e. The van der Waals surface area contributed by atoms with Crippen LogP contribution in [0.2, 0.25) is 5.02 Å². The highest BCUT2D eigenvalue weighted by molar-refractivity contribution is 6.32. The number of ether oxygens (including phenoxy) is 1. The highest BCUT2D eigenvalue weighted by atomic mass is 35.5. The molecule has 0 saturated heterocycles. The first-order chi connectivity index (χ1) is 11.8. The number of alkyl halides is 3. The molecule has 1 aromatic heterocycles. The highest BCUT2D eigenvalue weighted by Gasteiger charge is 2.32. The van der Waals surface area contributed by atoms with Crippen LogP contribution in [0.1, 0.15) is 25.1 Å². The Morgan fingerprint density at radius 2 is 2.00 bits per heavy atom. The second kappa shape index (κ2) is 8.13. The zero-order valence-electron chi connectivity index (χ0n) is 13.6. The molecular weight excluding hydrogens is 353 g/mol. The van der Waals surface area contributed by atoms with Crippen LogP contribution in [0, 0.1) is 11.8 Å². The van der Waals surface area contributed by atoms with Crippen LogP contribution in [0.5, 0.6) is 5.75 Å². The Balaban J connectivity index is 1.98. The minimum atomic E-state index is -4.47. The average molecular weight is 369 g/mol. The van der Waals surface area contributed by atoms with Gasteiger partial charge < -0.3 is 10.1 Å². The van der Waals surface area contributed by atoms with E-state index in [9.17, 15) is 13.2 Å². The maximum Gasteiger partial charge on any atom is 0.433 e. The molecule has 0 aliphatic carbocycles. The summed E-state index contributed by atoms with van der Waals surface area (Å²) in [5.74, 6) is 6.30. The van der Waals surface area contributed by atoms with Crippen LogP contribution >= 0.6 is 11.6 Å². The number of nitrogens with one attached hydrogen (secondary N) is 1. The number of aromatic nitrogens is 1. The van der Waals surface area contributed by atoms with Crippen LogP contribution in [0.15, 0.2) is 36.5 Å². The second-order valence-corrected chi connectivity index (χ2v) is 5.80. The van der Waals surface area contributed by atoms with E-state index < -0.39 is 11.9 Å². The standard InChI is InChI=1S/C18H16ClF3N2O/c1-12(2)25-16-6-5-13(10-15(16)19)4-3-8-23-14-7-9-24-17(11-14)18(20,21)22/h5-7,9-12H,8H2,1-2H3,(H,23,24). The molecule has 2 aromatic rings. The van der Waals surface area contributed by atoms with Gasteiger partial charge in [0.2, 0.25) is 0 Å². The normalized spacial score (nSPS) is 11.0. The molecule has 3 nitrogen and oxygen atoms in total. The molecule has 0 aliphatic rings. The van der Waals surface area contributed by atoms with Gasteiger partial charge in [-0.3, -0.25) is 4.98 Å². The molecule has 0 bridgehead atoms. The van der Waals surface area contributed by atoms with E-state index in [1.807, 2.05) is 13.8 Å². The average Bonchev–Trinajstić information content (AvgIpc) is 2.53. The summed E-state index contributed by atoms with van der Waals surface area (Å²) >= 11 is 6.12. The Hall–Kier alpha value is -2.39. The van der Waals surface area contributed by atoms with Crippen LogP contribution in [-0.2, 0) is 6.18 Å². The SMILES string of the molecule is CC(C)Oc1ccc(C#CCNc2ccnc(C(F)(F)F)c2)cc1Cl. The van der Waals surface area contributed by atoms with Crippen LogP contribution in [0.4, 0.5) is 18.9 Å². The number of halogens is 4. The van der Waals surface area contributed by atoms with Crippen molar-refractivity contribution in [2.45, 2.75) is 26.1 Å². The molecule has 0 saturated carbocycles. The van der Waals surface area contributed by atoms with Crippen LogP contribution in [0.25, 0.3) is 0 Å². The minimum Gasteiger partial charge on any atom is -0.489 e. The molecule has 0 unspecified atom stereocenters. The molecule has 0 atom stereocenters. The second-order valence-electron chi connectivity index (χ2n) is 5.39. The monoisotopic (exact) mass is 368 g/mol. The van der Waals surface area contributed by atoms with E-state index >= 15 is 0 Å². The van der Waals surface area contributed by atoms with Gasteiger partial charge in [-0.2, -0.15) is 13.2 Å². The lowest BCUT2D eigenvalue weighted by atomic mass is 10.2. The maximum atomic E-state index is 12.6. The Morgan fingerprint density at radius 3 is 2.64 bits per heavy atom. The molecule has 0 spiro atoms. The first kappa shape index (κ1) is 18.9. The third-order valence-corrected chi connectivity index (χ3v) is 3.25. The number of hydrogen-bond donors (Lipinski definition) is 1. The van der Waals surface area contributed by atoms with Gasteiger partial charge in [-0.1, -0.05) is 23.4 Å². The van der Waals surface area contributed by atoms with Crippen molar-refractivity contribution < 1.29 is 17.9 Å². The Kier molecular flexibility index (Phi) is 6.16. The molecular formula is C18H16ClF3N2O. The summed E-state index contributed by atoms with van der Waals surface area (Å²) in [6.45, 7) is 3.99. The number of benzene rings is 1. The Labute approximate surface area is 149 Å². The van der Waals surface area contributed by atoms with Gasteiger partial charge in [0.25, 0.3) is 0 Å². The maximum absolute atomic E-state index is 12.6. The third-order valence-electron chi connectivity index (χ3n) is 2.96. The zero-order valence-corrected chi connectivity index (χ0v) is 14.4. The summed E-state index contributed by atoms with van der Waals surface area (Å²) in [4.78, 5) is 3.30. The van der Waals surface area contributed by atoms with Crippen LogP contribution in [0.3, 0.4) is 0 Å². The summed E-state index contributed by atoms with van der Waals surface area (Å²) in [6.07, 6.45) is -3.35. The summed E-state index contributed by atoms with van der Waals surface area (Å²) < 4.78 is 43.3. The number of anilines is 1. The highest BCUT2D eigenvalue weighted by Crippen LogP contribution is 2.28. The third kappa shape index (κ3) is 5.87. The Morgan fingerprint density at radius 1 is 1.24 bits per heavy atom. The molecule has 1 N–H and O–H groups in total. The van der Waals surface area contributed by atoms with Gasteiger partial charge in [0.15, 0.2) is 0 Å². The summed E-state index contributed by atoms with van der Waals surface area (Å²) in [6, 6.07) is 7.58. The van der Waals surface area contributed by atoms with Crippen LogP contribution < -0.4 is 10.1 Å². The fourth-order valence-corrected chi connectivity index (χ4v) is 2.14. The number of rotatable bonds is 4. The lowest BCUT2D eigenvalue weighted by Gasteiger charge is -2.11. The van der Waals surface area contributed by atoms with Gasteiger partial charge in [-0.05, 0) is 44.2 Å². The minimum absolute atomic E-state index is 0.0144. The van der Waals surface area contributed by atoms with E-state index in [2.05, 4.69) is 22.1 Å². The van der Waals surface area contributed by atoms with E-state index in [-0.39, 0.29) is 12.6 Å². The van der Waals surface area contributed by atoms with Crippen molar-refractivity contribution in [2.24, 2.45) is 0 Å². The van der Waals surface area contributed by atoms with Gasteiger partial charge in [-0.15, -0.1) is 0 Å². The van der Waals surface area contributed by atoms with Gasteiger partial charge >= 0.3 is 6.18 Å². The summed E-state index contributed by atoms with van der Waals surface area (Å²) in [7, 11) is 0. The molecule has 0 amide bonds. The lowest BCUT2D eigenvalue weighted by Crippen LogP contribution is -2.09. The predicted molar refractivity (Wildman–Crippen MR) is 91.8 cm³/mol. The quantitative estimate of drug-likeness (QED) is 0.771. The lowest BCUT2D eigenvalue weighted by molar-refractivity contribution is -0.141.